The van der Waals surface area contributed by atoms with Gasteiger partial charge in [-0.25, -0.2) is 0 Å². The van der Waals surface area contributed by atoms with Crippen LogP contribution in [0.1, 0.15) is 35.6 Å². The molecule has 5 nitrogen and oxygen atoms in total. The van der Waals surface area contributed by atoms with Crippen molar-refractivity contribution in [3.63, 3.8) is 0 Å². The summed E-state index contributed by atoms with van der Waals surface area (Å²) in [4.78, 5) is 2.59. The van der Waals surface area contributed by atoms with E-state index >= 15 is 0 Å². The molecule has 0 spiro atoms. The summed E-state index contributed by atoms with van der Waals surface area (Å²) >= 11 is 0. The number of nitrogens with zero attached hydrogens (tertiary/aromatic N) is 2. The maximum Gasteiger partial charge on any atom is 0.110 e. The van der Waals surface area contributed by atoms with Gasteiger partial charge in [-0.15, -0.1) is 0 Å². The molecule has 162 valence electrons. The molecule has 2 aromatic rings. The van der Waals surface area contributed by atoms with Crippen LogP contribution in [0, 0.1) is 30.1 Å². The molecule has 2 N–H and O–H groups in total. The van der Waals surface area contributed by atoms with Gasteiger partial charge in [0.05, 0.1) is 29.1 Å². The van der Waals surface area contributed by atoms with Gasteiger partial charge in [-0.1, -0.05) is 12.1 Å². The van der Waals surface area contributed by atoms with Gasteiger partial charge in [0.25, 0.3) is 0 Å². The maximum atomic E-state index is 9.18. The number of ether oxygens (including phenoxy) is 1. The third kappa shape index (κ3) is 3.79. The Morgan fingerprint density at radius 3 is 2.74 bits per heavy atom. The van der Waals surface area contributed by atoms with Crippen LogP contribution >= 0.6 is 0 Å². The minimum atomic E-state index is -0.194. The summed E-state index contributed by atoms with van der Waals surface area (Å²) in [6, 6.07) is 15.0. The van der Waals surface area contributed by atoms with Crippen LogP contribution in [-0.2, 0) is 17.6 Å². The second-order valence-corrected chi connectivity index (χ2v) is 9.80. The average molecular weight is 417 g/mol. The number of aryl methyl sites for hydroxylation is 1. The standard InChI is InChI=1S/C26H32N4O/c1-17-4-7-23-24(10-17)29-26(2,28-23)22-8-9-30(16-25(22)31-3)15-19-12-20-6-5-18(14-27)11-21(20)13-19/h4-7,10-11,19,22,25,28-29H,8-9,12-13,15-16H2,1-3H3/t19-,22-,25-,26?/m0/s1. The van der Waals surface area contributed by atoms with E-state index in [9.17, 15) is 5.26 Å². The molecule has 0 bridgehead atoms. The summed E-state index contributed by atoms with van der Waals surface area (Å²) in [5.74, 6) is 1.02. The normalized spacial score (nSPS) is 29.5. The molecule has 1 aliphatic carbocycles. The number of anilines is 2. The summed E-state index contributed by atoms with van der Waals surface area (Å²) in [5, 5.41) is 16.7. The Balaban J connectivity index is 1.23. The fourth-order valence-electron chi connectivity index (χ4n) is 5.97. The van der Waals surface area contributed by atoms with Crippen molar-refractivity contribution in [2.24, 2.45) is 11.8 Å². The van der Waals surface area contributed by atoms with E-state index in [1.54, 1.807) is 0 Å². The first kappa shape index (κ1) is 20.4. The van der Waals surface area contributed by atoms with Crippen molar-refractivity contribution in [2.45, 2.75) is 44.9 Å². The molecule has 1 saturated heterocycles. The number of likely N-dealkylation sites (tertiary alicyclic amines) is 1. The molecule has 0 aromatic heterocycles. The molecule has 2 heterocycles. The van der Waals surface area contributed by atoms with Gasteiger partial charge in [0.1, 0.15) is 5.66 Å². The number of piperidine rings is 1. The number of nitrogens with one attached hydrogen (secondary N) is 2. The minimum absolute atomic E-state index is 0.183. The van der Waals surface area contributed by atoms with E-state index in [4.69, 9.17) is 4.74 Å². The van der Waals surface area contributed by atoms with Gasteiger partial charge < -0.3 is 20.3 Å². The summed E-state index contributed by atoms with van der Waals surface area (Å²) in [5.41, 5.74) is 7.02. The van der Waals surface area contributed by atoms with Crippen LogP contribution in [0.5, 0.6) is 0 Å². The lowest BCUT2D eigenvalue weighted by Gasteiger charge is -2.46. The fraction of sp³-hybridized carbons (Fsp3) is 0.500. The highest BCUT2D eigenvalue weighted by molar-refractivity contribution is 5.76. The lowest BCUT2D eigenvalue weighted by Crippen LogP contribution is -2.58. The highest BCUT2D eigenvalue weighted by Gasteiger charge is 2.46. The van der Waals surface area contributed by atoms with Crippen LogP contribution in [0.4, 0.5) is 11.4 Å². The minimum Gasteiger partial charge on any atom is -0.380 e. The molecule has 0 saturated carbocycles. The van der Waals surface area contributed by atoms with Crippen LogP contribution in [-0.4, -0.2) is 43.4 Å². The zero-order valence-electron chi connectivity index (χ0n) is 18.7. The Morgan fingerprint density at radius 2 is 1.94 bits per heavy atom. The van der Waals surface area contributed by atoms with Crippen molar-refractivity contribution >= 4 is 11.4 Å². The number of methoxy groups -OCH3 is 1. The van der Waals surface area contributed by atoms with Crippen molar-refractivity contribution in [2.75, 3.05) is 37.4 Å². The van der Waals surface area contributed by atoms with Gasteiger partial charge in [0, 0.05) is 26.1 Å². The molecular weight excluding hydrogens is 384 g/mol. The highest BCUT2D eigenvalue weighted by atomic mass is 16.5. The topological polar surface area (TPSA) is 60.3 Å². The first-order valence-corrected chi connectivity index (χ1v) is 11.4. The number of nitriles is 1. The molecule has 3 aliphatic rings. The molecular formula is C26H32N4O. The van der Waals surface area contributed by atoms with E-state index in [0.29, 0.717) is 11.8 Å². The smallest absolute Gasteiger partial charge is 0.110 e. The molecule has 2 aliphatic heterocycles. The zero-order valence-corrected chi connectivity index (χ0v) is 18.7. The van der Waals surface area contributed by atoms with E-state index in [1.807, 2.05) is 13.2 Å². The predicted octanol–water partition coefficient (Wildman–Crippen LogP) is 4.17. The van der Waals surface area contributed by atoms with Crippen molar-refractivity contribution in [3.05, 3.63) is 58.7 Å². The lowest BCUT2D eigenvalue weighted by atomic mass is 9.82. The van der Waals surface area contributed by atoms with Gasteiger partial charge in [0.2, 0.25) is 0 Å². The molecule has 1 unspecified atom stereocenters. The first-order valence-electron chi connectivity index (χ1n) is 11.4. The first-order chi connectivity index (χ1) is 15.0. The largest absolute Gasteiger partial charge is 0.380 e. The third-order valence-corrected chi connectivity index (χ3v) is 7.52. The van der Waals surface area contributed by atoms with Crippen LogP contribution in [0.2, 0.25) is 0 Å². The maximum absolute atomic E-state index is 9.18. The summed E-state index contributed by atoms with van der Waals surface area (Å²) < 4.78 is 6.03. The van der Waals surface area contributed by atoms with Gasteiger partial charge in [0.15, 0.2) is 0 Å². The van der Waals surface area contributed by atoms with E-state index in [1.165, 1.54) is 28.1 Å². The third-order valence-electron chi connectivity index (χ3n) is 7.52. The molecule has 5 rings (SSSR count). The van der Waals surface area contributed by atoms with E-state index in [0.717, 1.165) is 44.5 Å². The van der Waals surface area contributed by atoms with Crippen molar-refractivity contribution in [3.8, 4) is 6.07 Å². The molecule has 1 fully saturated rings. The Labute approximate surface area is 185 Å². The Kier molecular flexibility index (Phi) is 5.16. The monoisotopic (exact) mass is 416 g/mol. The van der Waals surface area contributed by atoms with Gasteiger partial charge in [-0.3, -0.25) is 0 Å². The lowest BCUT2D eigenvalue weighted by molar-refractivity contribution is -0.0309. The zero-order chi connectivity index (χ0) is 21.6. The molecule has 5 heteroatoms. The van der Waals surface area contributed by atoms with Crippen molar-refractivity contribution < 1.29 is 4.74 Å². The molecule has 4 atom stereocenters. The number of hydrogen-bond donors (Lipinski definition) is 2. The Bertz CT molecular complexity index is 1030. The summed E-state index contributed by atoms with van der Waals surface area (Å²) in [7, 11) is 1.85. The van der Waals surface area contributed by atoms with Crippen LogP contribution < -0.4 is 10.6 Å². The van der Waals surface area contributed by atoms with Crippen LogP contribution in [0.3, 0.4) is 0 Å². The second kappa shape index (κ2) is 7.85. The Hall–Kier alpha value is -2.55. The van der Waals surface area contributed by atoms with Crippen LogP contribution in [0.25, 0.3) is 0 Å². The van der Waals surface area contributed by atoms with Crippen LogP contribution in [0.15, 0.2) is 36.4 Å². The van der Waals surface area contributed by atoms with Gasteiger partial charge in [-0.05, 0) is 86.5 Å². The van der Waals surface area contributed by atoms with Gasteiger partial charge in [-0.2, -0.15) is 5.26 Å². The summed E-state index contributed by atoms with van der Waals surface area (Å²) in [6.45, 7) is 7.56. The number of hydrogen-bond acceptors (Lipinski definition) is 5. The number of fused-ring (bicyclic) bond motifs is 2. The van der Waals surface area contributed by atoms with Crippen molar-refractivity contribution in [1.29, 1.82) is 5.26 Å². The van der Waals surface area contributed by atoms with Crippen molar-refractivity contribution in [1.82, 2.24) is 4.90 Å². The van der Waals surface area contributed by atoms with E-state index in [2.05, 4.69) is 65.8 Å². The van der Waals surface area contributed by atoms with E-state index < -0.39 is 0 Å². The SMILES string of the molecule is CO[C@H]1CN(C[C@H]2Cc3ccc(C#N)cc3C2)CC[C@@H]1C1(C)Nc2ccc(C)cc2N1. The number of benzene rings is 2. The quantitative estimate of drug-likeness (QED) is 0.783. The predicted molar refractivity (Wildman–Crippen MR) is 124 cm³/mol. The molecule has 0 amide bonds. The average Bonchev–Trinajstić information content (AvgIpc) is 3.32. The molecule has 31 heavy (non-hydrogen) atoms. The molecule has 2 aromatic carbocycles. The second-order valence-electron chi connectivity index (χ2n) is 9.80. The summed E-state index contributed by atoms with van der Waals surface area (Å²) in [6.07, 6.45) is 3.48. The number of rotatable bonds is 4. The van der Waals surface area contributed by atoms with Gasteiger partial charge >= 0.3 is 0 Å². The highest BCUT2D eigenvalue weighted by Crippen LogP contribution is 2.42. The Morgan fingerprint density at radius 1 is 1.13 bits per heavy atom. The fourth-order valence-corrected chi connectivity index (χ4v) is 5.97. The molecule has 0 radical (unpaired) electrons. The van der Waals surface area contributed by atoms with E-state index in [-0.39, 0.29) is 11.8 Å².